The monoisotopic (exact) mass is 445 g/mol. The number of carbonyl (C=O) groups excluding carboxylic acids is 1. The van der Waals surface area contributed by atoms with E-state index in [0.29, 0.717) is 10.7 Å². The fraction of sp³-hybridized carbons (Fsp3) is 0.273. The van der Waals surface area contributed by atoms with Crippen molar-refractivity contribution < 1.29 is 13.2 Å². The molecule has 0 saturated carbocycles. The Kier molecular flexibility index (Phi) is 6.33. The summed E-state index contributed by atoms with van der Waals surface area (Å²) in [5.41, 5.74) is 4.68. The van der Waals surface area contributed by atoms with E-state index < -0.39 is 9.84 Å². The molecule has 3 aromatic rings. The molecule has 1 N–H and O–H groups in total. The van der Waals surface area contributed by atoms with Gasteiger partial charge < -0.3 is 5.32 Å². The molecule has 30 heavy (non-hydrogen) atoms. The minimum Gasteiger partial charge on any atom is -0.326 e. The van der Waals surface area contributed by atoms with Crippen LogP contribution in [0.15, 0.2) is 47.4 Å². The third-order valence-electron chi connectivity index (χ3n) is 5.04. The van der Waals surface area contributed by atoms with E-state index >= 15 is 0 Å². The molecule has 1 amide bonds. The van der Waals surface area contributed by atoms with Crippen molar-refractivity contribution in [3.05, 3.63) is 70.0 Å². The number of nitrogens with one attached hydrogen (secondary N) is 1. The van der Waals surface area contributed by atoms with E-state index in [0.717, 1.165) is 28.2 Å². The summed E-state index contributed by atoms with van der Waals surface area (Å²) in [6.07, 6.45) is 0.127. The van der Waals surface area contributed by atoms with Crippen molar-refractivity contribution in [2.45, 2.75) is 39.0 Å². The number of anilines is 1. The average molecular weight is 446 g/mol. The molecule has 0 atom stereocenters. The number of nitrogens with zero attached hydrogens (tertiary/aromatic N) is 2. The predicted molar refractivity (Wildman–Crippen MR) is 119 cm³/mol. The van der Waals surface area contributed by atoms with Crippen molar-refractivity contribution in [1.82, 2.24) is 9.78 Å². The van der Waals surface area contributed by atoms with Gasteiger partial charge >= 0.3 is 0 Å². The molecule has 0 aliphatic heterocycles. The standard InChI is InChI=1S/C22H24ClN3O3S/c1-5-30(28,29)19-8-6-7-17(11-19)24-22(27)13-20-15(3)25-26(16(20)4)18-10-9-14(2)21(23)12-18/h6-12H,5,13H2,1-4H3,(H,24,27). The molecule has 0 aliphatic carbocycles. The molecule has 8 heteroatoms. The molecule has 6 nitrogen and oxygen atoms in total. The van der Waals surface area contributed by atoms with Crippen LogP contribution in [-0.2, 0) is 21.1 Å². The number of aryl methyl sites for hydroxylation is 2. The maximum absolute atomic E-state index is 12.6. The number of halogens is 1. The van der Waals surface area contributed by atoms with E-state index in [-0.39, 0.29) is 23.0 Å². The lowest BCUT2D eigenvalue weighted by atomic mass is 10.1. The third kappa shape index (κ3) is 4.57. The van der Waals surface area contributed by atoms with Gasteiger partial charge in [-0.15, -0.1) is 0 Å². The average Bonchev–Trinajstić information content (AvgIpc) is 2.98. The molecular formula is C22H24ClN3O3S. The van der Waals surface area contributed by atoms with Crippen molar-refractivity contribution in [2.75, 3.05) is 11.1 Å². The van der Waals surface area contributed by atoms with E-state index in [4.69, 9.17) is 11.6 Å². The normalized spacial score (nSPS) is 11.5. The van der Waals surface area contributed by atoms with Gasteiger partial charge in [0, 0.05) is 22.0 Å². The van der Waals surface area contributed by atoms with E-state index in [1.54, 1.807) is 23.7 Å². The van der Waals surface area contributed by atoms with Crippen LogP contribution in [-0.4, -0.2) is 29.9 Å². The molecule has 0 bridgehead atoms. The summed E-state index contributed by atoms with van der Waals surface area (Å²) in [6, 6.07) is 12.0. The van der Waals surface area contributed by atoms with Crippen molar-refractivity contribution in [3.8, 4) is 5.69 Å². The van der Waals surface area contributed by atoms with Gasteiger partial charge in [-0.3, -0.25) is 4.79 Å². The molecule has 0 saturated heterocycles. The molecular weight excluding hydrogens is 422 g/mol. The summed E-state index contributed by atoms with van der Waals surface area (Å²) >= 11 is 6.24. The van der Waals surface area contributed by atoms with E-state index in [1.165, 1.54) is 12.1 Å². The summed E-state index contributed by atoms with van der Waals surface area (Å²) in [6.45, 7) is 7.29. The minimum absolute atomic E-state index is 0.00496. The third-order valence-corrected chi connectivity index (χ3v) is 7.17. The lowest BCUT2D eigenvalue weighted by molar-refractivity contribution is -0.115. The maximum atomic E-state index is 12.6. The zero-order valence-corrected chi connectivity index (χ0v) is 18.9. The highest BCUT2D eigenvalue weighted by molar-refractivity contribution is 7.91. The minimum atomic E-state index is -3.34. The Bertz CT molecular complexity index is 1220. The summed E-state index contributed by atoms with van der Waals surface area (Å²) in [5.74, 6) is -0.237. The Balaban J connectivity index is 1.82. The van der Waals surface area contributed by atoms with Gasteiger partial charge in [-0.05, 0) is 56.7 Å². The van der Waals surface area contributed by atoms with Crippen molar-refractivity contribution >= 4 is 33.0 Å². The zero-order chi connectivity index (χ0) is 22.1. The lowest BCUT2D eigenvalue weighted by Gasteiger charge is -2.09. The second-order valence-corrected chi connectivity index (χ2v) is 9.84. The highest BCUT2D eigenvalue weighted by atomic mass is 35.5. The van der Waals surface area contributed by atoms with Crippen molar-refractivity contribution in [2.24, 2.45) is 0 Å². The molecule has 0 radical (unpaired) electrons. The Morgan fingerprint density at radius 2 is 1.87 bits per heavy atom. The fourth-order valence-electron chi connectivity index (χ4n) is 3.20. The van der Waals surface area contributed by atoms with Gasteiger partial charge in [-0.2, -0.15) is 5.10 Å². The Morgan fingerprint density at radius 1 is 1.13 bits per heavy atom. The first kappa shape index (κ1) is 22.1. The summed E-state index contributed by atoms with van der Waals surface area (Å²) in [7, 11) is -3.34. The van der Waals surface area contributed by atoms with Crippen molar-refractivity contribution in [3.63, 3.8) is 0 Å². The van der Waals surface area contributed by atoms with Gasteiger partial charge in [0.15, 0.2) is 9.84 Å². The number of amides is 1. The molecule has 0 fully saturated rings. The van der Waals surface area contributed by atoms with Crippen LogP contribution in [0.1, 0.15) is 29.4 Å². The Morgan fingerprint density at radius 3 is 2.53 bits per heavy atom. The topological polar surface area (TPSA) is 81.1 Å². The molecule has 0 aliphatic rings. The van der Waals surface area contributed by atoms with E-state index in [1.807, 2.05) is 39.0 Å². The number of hydrogen-bond acceptors (Lipinski definition) is 4. The number of benzene rings is 2. The number of carbonyl (C=O) groups is 1. The van der Waals surface area contributed by atoms with Gasteiger partial charge in [0.2, 0.25) is 5.91 Å². The first-order chi connectivity index (χ1) is 14.1. The second kappa shape index (κ2) is 8.62. The van der Waals surface area contributed by atoms with Crippen LogP contribution in [0.4, 0.5) is 5.69 Å². The molecule has 1 aromatic heterocycles. The molecule has 2 aromatic carbocycles. The van der Waals surface area contributed by atoms with Gasteiger partial charge in [0.05, 0.1) is 28.5 Å². The first-order valence-corrected chi connectivity index (χ1v) is 11.6. The van der Waals surface area contributed by atoms with Crippen LogP contribution in [0.3, 0.4) is 0 Å². The number of rotatable bonds is 6. The van der Waals surface area contributed by atoms with Crippen LogP contribution in [0.2, 0.25) is 5.02 Å². The van der Waals surface area contributed by atoms with Crippen LogP contribution in [0, 0.1) is 20.8 Å². The Labute approximate surface area is 181 Å². The smallest absolute Gasteiger partial charge is 0.228 e. The SMILES string of the molecule is CCS(=O)(=O)c1cccc(NC(=O)Cc2c(C)nn(-c3ccc(C)c(Cl)c3)c2C)c1. The van der Waals surface area contributed by atoms with Crippen LogP contribution >= 0.6 is 11.6 Å². The molecule has 1 heterocycles. The van der Waals surface area contributed by atoms with Crippen LogP contribution in [0.25, 0.3) is 5.69 Å². The number of sulfone groups is 1. The fourth-order valence-corrected chi connectivity index (χ4v) is 4.30. The molecule has 158 valence electrons. The first-order valence-electron chi connectivity index (χ1n) is 9.56. The molecule has 0 unspecified atom stereocenters. The maximum Gasteiger partial charge on any atom is 0.228 e. The van der Waals surface area contributed by atoms with Gasteiger partial charge in [0.25, 0.3) is 0 Å². The van der Waals surface area contributed by atoms with Gasteiger partial charge in [0.1, 0.15) is 0 Å². The van der Waals surface area contributed by atoms with Crippen molar-refractivity contribution in [1.29, 1.82) is 0 Å². The summed E-state index contributed by atoms with van der Waals surface area (Å²) in [5, 5.41) is 8.01. The van der Waals surface area contributed by atoms with Crippen LogP contribution in [0.5, 0.6) is 0 Å². The number of aromatic nitrogens is 2. The molecule has 3 rings (SSSR count). The summed E-state index contributed by atoms with van der Waals surface area (Å²) in [4.78, 5) is 12.8. The largest absolute Gasteiger partial charge is 0.326 e. The van der Waals surface area contributed by atoms with Gasteiger partial charge in [-0.25, -0.2) is 13.1 Å². The zero-order valence-electron chi connectivity index (χ0n) is 17.4. The van der Waals surface area contributed by atoms with Gasteiger partial charge in [-0.1, -0.05) is 30.7 Å². The van der Waals surface area contributed by atoms with E-state index in [9.17, 15) is 13.2 Å². The quantitative estimate of drug-likeness (QED) is 0.608. The predicted octanol–water partition coefficient (Wildman–Crippen LogP) is 4.43. The summed E-state index contributed by atoms with van der Waals surface area (Å²) < 4.78 is 25.9. The molecule has 0 spiro atoms. The highest BCUT2D eigenvalue weighted by Crippen LogP contribution is 2.23. The van der Waals surface area contributed by atoms with Crippen LogP contribution < -0.4 is 5.32 Å². The lowest BCUT2D eigenvalue weighted by Crippen LogP contribution is -2.16. The highest BCUT2D eigenvalue weighted by Gasteiger charge is 2.17. The second-order valence-electron chi connectivity index (χ2n) is 7.15. The Hall–Kier alpha value is -2.64. The number of hydrogen-bond donors (Lipinski definition) is 1. The van der Waals surface area contributed by atoms with E-state index in [2.05, 4.69) is 10.4 Å².